The smallest absolute Gasteiger partial charge is 1.00 e. The zero-order chi connectivity index (χ0) is 15.2. The molecule has 1 aromatic rings. The van der Waals surface area contributed by atoms with Gasteiger partial charge in [-0.1, -0.05) is 63.6 Å². The molecule has 0 amide bonds. The molecule has 0 heterocycles. The third kappa shape index (κ3) is 19.5. The summed E-state index contributed by atoms with van der Waals surface area (Å²) >= 11 is 0. The minimum absolute atomic E-state index is 0. The van der Waals surface area contributed by atoms with E-state index in [4.69, 9.17) is 15.0 Å². The van der Waals surface area contributed by atoms with Gasteiger partial charge in [-0.15, -0.1) is 0 Å². The predicted molar refractivity (Wildman–Crippen MR) is 96.4 cm³/mol. The number of hydrogen-bond donors (Lipinski definition) is 3. The van der Waals surface area contributed by atoms with Crippen molar-refractivity contribution in [2.45, 2.75) is 58.3 Å². The summed E-state index contributed by atoms with van der Waals surface area (Å²) in [7, 11) is 0. The second-order valence-electron chi connectivity index (χ2n) is 4.78. The van der Waals surface area contributed by atoms with Gasteiger partial charge in [0.05, 0.1) is 0 Å². The van der Waals surface area contributed by atoms with Gasteiger partial charge in [-0.2, -0.15) is 0 Å². The fourth-order valence-electron chi connectivity index (χ4n) is 1.99. The summed E-state index contributed by atoms with van der Waals surface area (Å²) in [5.74, 6) is 0.452. The number of carboxylic acid groups (broad SMARTS) is 2. The Morgan fingerprint density at radius 3 is 1.91 bits per heavy atom. The molecule has 0 aromatic heterocycles. The molecule has 0 unspecified atom stereocenters. The number of rotatable bonds is 8. The van der Waals surface area contributed by atoms with E-state index in [0.717, 1.165) is 12.0 Å². The number of unbranched alkanes of at least 4 members (excludes halogenated alkanes) is 6. The molecule has 0 radical (unpaired) electrons. The summed E-state index contributed by atoms with van der Waals surface area (Å²) in [5, 5.41) is 23.5. The van der Waals surface area contributed by atoms with E-state index < -0.39 is 6.16 Å². The molecule has 0 fully saturated rings. The second-order valence-corrected chi connectivity index (χ2v) is 4.78. The topological polar surface area (TPSA) is 77.8 Å². The van der Waals surface area contributed by atoms with E-state index in [2.05, 4.69) is 6.92 Å². The van der Waals surface area contributed by atoms with E-state index in [1.165, 1.54) is 44.9 Å². The molecule has 22 heavy (non-hydrogen) atoms. The Balaban J connectivity index is -0.0000000660. The minimum atomic E-state index is -1.83. The maximum Gasteiger partial charge on any atom is 2.00 e. The van der Waals surface area contributed by atoms with Crippen LogP contribution < -0.4 is 0 Å². The van der Waals surface area contributed by atoms with E-state index in [1.807, 2.05) is 18.2 Å². The van der Waals surface area contributed by atoms with E-state index in [1.54, 1.807) is 6.07 Å². The Bertz CT molecular complexity index is 385. The number of carbonyl (C=O) groups is 1. The Hall–Kier alpha value is 1.43. The van der Waals surface area contributed by atoms with Gasteiger partial charge in [0, 0.05) is 0 Å². The Labute approximate surface area is 220 Å². The summed E-state index contributed by atoms with van der Waals surface area (Å²) < 4.78 is 0. The molecule has 0 atom stereocenters. The molecular formula is C16H30Ba2O4. The quantitative estimate of drug-likeness (QED) is 0.321. The zero-order valence-corrected chi connectivity index (χ0v) is 22.5. The summed E-state index contributed by atoms with van der Waals surface area (Å²) in [6.45, 7) is 2.25. The van der Waals surface area contributed by atoms with E-state index in [-0.39, 0.29) is 103 Å². The van der Waals surface area contributed by atoms with Crippen molar-refractivity contribution in [3.05, 3.63) is 29.8 Å². The van der Waals surface area contributed by atoms with Crippen molar-refractivity contribution in [1.29, 1.82) is 0 Å². The van der Waals surface area contributed by atoms with Gasteiger partial charge in [-0.25, -0.2) is 4.79 Å². The average Bonchev–Trinajstić information content (AvgIpc) is 2.39. The molecule has 0 bridgehead atoms. The molecular weight excluding hydrogens is 531 g/mol. The first-order valence-electron chi connectivity index (χ1n) is 7.26. The molecule has 0 saturated heterocycles. The van der Waals surface area contributed by atoms with Crippen LogP contribution in [-0.2, 0) is 6.42 Å². The number of phenolic OH excluding ortho intramolecular Hbond substituents is 1. The van der Waals surface area contributed by atoms with E-state index >= 15 is 0 Å². The third-order valence-corrected chi connectivity index (χ3v) is 3.04. The Morgan fingerprint density at radius 2 is 1.41 bits per heavy atom. The van der Waals surface area contributed by atoms with Crippen LogP contribution in [0.4, 0.5) is 4.79 Å². The van der Waals surface area contributed by atoms with Crippen LogP contribution in [0.25, 0.3) is 0 Å². The normalized spacial score (nSPS) is 8.77. The minimum Gasteiger partial charge on any atom is -1.00 e. The summed E-state index contributed by atoms with van der Waals surface area (Å²) in [4.78, 5) is 8.56. The van der Waals surface area contributed by atoms with Gasteiger partial charge in [0.1, 0.15) is 5.75 Å². The second kappa shape index (κ2) is 20.5. The van der Waals surface area contributed by atoms with Crippen LogP contribution in [0.2, 0.25) is 0 Å². The van der Waals surface area contributed by atoms with Crippen molar-refractivity contribution in [3.63, 3.8) is 0 Å². The largest absolute Gasteiger partial charge is 2.00 e. The van der Waals surface area contributed by atoms with Crippen LogP contribution >= 0.6 is 0 Å². The van der Waals surface area contributed by atoms with Crippen molar-refractivity contribution >= 4 is 104 Å². The monoisotopic (exact) mass is 562 g/mol. The summed E-state index contributed by atoms with van der Waals surface area (Å²) in [6, 6.07) is 7.67. The first-order valence-corrected chi connectivity index (χ1v) is 7.26. The van der Waals surface area contributed by atoms with E-state index in [9.17, 15) is 5.11 Å². The number of phenols is 1. The SMILES string of the molecule is CCCCCCCCCc1ccccc1O.O=C(O)O.[Ba+2].[Ba+2].[H-].[H-].[H-].[H-]. The van der Waals surface area contributed by atoms with Crippen molar-refractivity contribution in [2.75, 3.05) is 0 Å². The van der Waals surface area contributed by atoms with Gasteiger partial charge >= 0.3 is 104 Å². The maximum absolute atomic E-state index is 9.58. The molecule has 122 valence electrons. The van der Waals surface area contributed by atoms with Gasteiger partial charge in [0.2, 0.25) is 0 Å². The molecule has 4 nitrogen and oxygen atoms in total. The molecule has 0 aliphatic carbocycles. The van der Waals surface area contributed by atoms with Crippen LogP contribution in [0.1, 0.15) is 63.1 Å². The van der Waals surface area contributed by atoms with Gasteiger partial charge in [-0.3, -0.25) is 0 Å². The molecule has 0 saturated carbocycles. The van der Waals surface area contributed by atoms with Crippen LogP contribution in [0, 0.1) is 0 Å². The predicted octanol–water partition coefficient (Wildman–Crippen LogP) is 4.60. The standard InChI is InChI=1S/C15H24O.CH2O3.2Ba.4H/c1-2-3-4-5-6-7-8-11-14-12-9-10-13-15(14)16;2-1(3)4;;;;;;/h9-10,12-13,16H,2-8,11H2,1H3;(H2,2,3,4);;;;;;/q;;2*+2;4*-1. The van der Waals surface area contributed by atoms with Gasteiger partial charge in [-0.05, 0) is 24.5 Å². The van der Waals surface area contributed by atoms with Crippen LogP contribution in [0.3, 0.4) is 0 Å². The van der Waals surface area contributed by atoms with Crippen molar-refractivity contribution < 1.29 is 25.8 Å². The van der Waals surface area contributed by atoms with Crippen molar-refractivity contribution in [1.82, 2.24) is 0 Å². The molecule has 1 rings (SSSR count). The number of aromatic hydroxyl groups is 1. The third-order valence-electron chi connectivity index (χ3n) is 3.04. The molecule has 0 aliphatic rings. The first kappa shape index (κ1) is 28.2. The zero-order valence-electron chi connectivity index (χ0n) is 17.6. The molecule has 3 N–H and O–H groups in total. The number of para-hydroxylation sites is 1. The number of aryl methyl sites for hydroxylation is 1. The number of benzene rings is 1. The van der Waals surface area contributed by atoms with Crippen molar-refractivity contribution in [2.24, 2.45) is 0 Å². The summed E-state index contributed by atoms with van der Waals surface area (Å²) in [5.41, 5.74) is 1.09. The average molecular weight is 561 g/mol. The number of hydrogen-bond acceptors (Lipinski definition) is 2. The van der Waals surface area contributed by atoms with Crippen LogP contribution in [0.15, 0.2) is 24.3 Å². The Morgan fingerprint density at radius 1 is 0.955 bits per heavy atom. The molecule has 0 aliphatic heterocycles. The molecule has 0 spiro atoms. The van der Waals surface area contributed by atoms with Gasteiger partial charge < -0.3 is 21.0 Å². The Kier molecular flexibility index (Phi) is 26.3. The fraction of sp³-hybridized carbons (Fsp3) is 0.562. The molecule has 6 heteroatoms. The van der Waals surface area contributed by atoms with Crippen LogP contribution in [0.5, 0.6) is 5.75 Å². The van der Waals surface area contributed by atoms with E-state index in [0.29, 0.717) is 5.75 Å². The first-order chi connectivity index (χ1) is 9.57. The maximum atomic E-state index is 9.58. The fourth-order valence-corrected chi connectivity index (χ4v) is 1.99. The molecule has 1 aromatic carbocycles. The summed E-state index contributed by atoms with van der Waals surface area (Å²) in [6.07, 6.45) is 8.45. The van der Waals surface area contributed by atoms with Gasteiger partial charge in [0.15, 0.2) is 0 Å². The van der Waals surface area contributed by atoms with Crippen LogP contribution in [-0.4, -0.2) is 119 Å². The van der Waals surface area contributed by atoms with Gasteiger partial charge in [0.25, 0.3) is 0 Å². The van der Waals surface area contributed by atoms with Crippen molar-refractivity contribution in [3.8, 4) is 5.75 Å².